The highest BCUT2D eigenvalue weighted by Crippen LogP contribution is 2.23. The molecule has 1 aromatic rings. The summed E-state index contributed by atoms with van der Waals surface area (Å²) in [6.07, 6.45) is 0. The molecule has 1 amide bonds. The molecule has 0 saturated carbocycles. The van der Waals surface area contributed by atoms with Crippen molar-refractivity contribution < 1.29 is 23.1 Å². The van der Waals surface area contributed by atoms with Crippen LogP contribution < -0.4 is 5.32 Å². The molecule has 1 fully saturated rings. The Balaban J connectivity index is 2.34. The number of carbonyl (C=O) groups excluding carboxylic acids is 1. The van der Waals surface area contributed by atoms with E-state index in [4.69, 9.17) is 4.74 Å². The molecule has 0 radical (unpaired) electrons. The van der Waals surface area contributed by atoms with Crippen LogP contribution in [0.3, 0.4) is 0 Å². The molecule has 0 aromatic heterocycles. The van der Waals surface area contributed by atoms with Gasteiger partial charge in [-0.1, -0.05) is 6.07 Å². The van der Waals surface area contributed by atoms with E-state index in [1.807, 2.05) is 0 Å². The average molecular weight is 314 g/mol. The maximum Gasteiger partial charge on any atom is 0.244 e. The molecule has 116 valence electrons. The summed E-state index contributed by atoms with van der Waals surface area (Å²) in [6, 6.07) is 4.49. The summed E-state index contributed by atoms with van der Waals surface area (Å²) in [5.41, 5.74) is 0. The van der Waals surface area contributed by atoms with E-state index < -0.39 is 16.1 Å². The van der Waals surface area contributed by atoms with Gasteiger partial charge in [0.25, 0.3) is 0 Å². The average Bonchev–Trinajstić information content (AvgIpc) is 2.47. The molecular weight excluding hydrogens is 296 g/mol. The lowest BCUT2D eigenvalue weighted by Gasteiger charge is -2.33. The highest BCUT2D eigenvalue weighted by molar-refractivity contribution is 7.89. The Morgan fingerprint density at radius 2 is 2.29 bits per heavy atom. The third-order valence-electron chi connectivity index (χ3n) is 3.16. The minimum Gasteiger partial charge on any atom is -0.508 e. The number of phenolic OH excluding ortho intramolecular Hbond substituents is 1. The van der Waals surface area contributed by atoms with E-state index in [2.05, 4.69) is 5.32 Å². The number of benzene rings is 1. The fourth-order valence-corrected chi connectivity index (χ4v) is 3.75. The Morgan fingerprint density at radius 1 is 1.52 bits per heavy atom. The van der Waals surface area contributed by atoms with E-state index in [0.29, 0.717) is 6.54 Å². The SMILES string of the molecule is CCNC(=O)C1COCCN1S(=O)(=O)c1cccc(O)c1. The molecular formula is C13H18N2O5S. The number of phenols is 1. The molecule has 2 rings (SSSR count). The first-order valence-electron chi connectivity index (χ1n) is 6.63. The Hall–Kier alpha value is -1.64. The first-order chi connectivity index (χ1) is 9.96. The van der Waals surface area contributed by atoms with Gasteiger partial charge < -0.3 is 15.2 Å². The first-order valence-corrected chi connectivity index (χ1v) is 8.07. The van der Waals surface area contributed by atoms with E-state index in [1.165, 1.54) is 24.3 Å². The number of sulfonamides is 1. The first kappa shape index (κ1) is 15.7. The molecule has 0 bridgehead atoms. The van der Waals surface area contributed by atoms with Gasteiger partial charge in [0, 0.05) is 13.1 Å². The number of nitrogens with one attached hydrogen (secondary N) is 1. The molecule has 2 N–H and O–H groups in total. The second kappa shape index (κ2) is 6.42. The van der Waals surface area contributed by atoms with Crippen molar-refractivity contribution >= 4 is 15.9 Å². The van der Waals surface area contributed by atoms with E-state index >= 15 is 0 Å². The molecule has 0 spiro atoms. The quantitative estimate of drug-likeness (QED) is 0.810. The Kier molecular flexibility index (Phi) is 4.81. The van der Waals surface area contributed by atoms with Crippen LogP contribution in [0.1, 0.15) is 6.92 Å². The topological polar surface area (TPSA) is 95.9 Å². The molecule has 1 unspecified atom stereocenters. The normalized spacial score (nSPS) is 20.1. The van der Waals surface area contributed by atoms with E-state index in [1.54, 1.807) is 6.92 Å². The zero-order chi connectivity index (χ0) is 15.5. The molecule has 1 heterocycles. The number of likely N-dealkylation sites (N-methyl/N-ethyl adjacent to an activating group) is 1. The van der Waals surface area contributed by atoms with Crippen LogP contribution in [-0.2, 0) is 19.6 Å². The Labute approximate surface area is 123 Å². The van der Waals surface area contributed by atoms with Gasteiger partial charge in [0.2, 0.25) is 15.9 Å². The summed E-state index contributed by atoms with van der Waals surface area (Å²) in [7, 11) is -3.86. The molecule has 1 aromatic carbocycles. The minimum atomic E-state index is -3.86. The van der Waals surface area contributed by atoms with E-state index in [-0.39, 0.29) is 36.3 Å². The lowest BCUT2D eigenvalue weighted by atomic mass is 10.2. The van der Waals surface area contributed by atoms with Gasteiger partial charge in [-0.05, 0) is 25.1 Å². The molecule has 21 heavy (non-hydrogen) atoms. The van der Waals surface area contributed by atoms with Crippen LogP contribution in [0.25, 0.3) is 0 Å². The van der Waals surface area contributed by atoms with Crippen molar-refractivity contribution in [1.82, 2.24) is 9.62 Å². The van der Waals surface area contributed by atoms with Gasteiger partial charge in [0.1, 0.15) is 11.8 Å². The Bertz CT molecular complexity index is 617. The van der Waals surface area contributed by atoms with Gasteiger partial charge in [0.05, 0.1) is 18.1 Å². The van der Waals surface area contributed by atoms with Crippen molar-refractivity contribution in [2.24, 2.45) is 0 Å². The molecule has 0 aliphatic carbocycles. The van der Waals surface area contributed by atoms with Gasteiger partial charge in [-0.2, -0.15) is 4.31 Å². The zero-order valence-electron chi connectivity index (χ0n) is 11.7. The summed E-state index contributed by atoms with van der Waals surface area (Å²) in [6.45, 7) is 2.52. The molecule has 1 aliphatic heterocycles. The fourth-order valence-electron chi connectivity index (χ4n) is 2.15. The van der Waals surface area contributed by atoms with Crippen LogP contribution in [0.2, 0.25) is 0 Å². The lowest BCUT2D eigenvalue weighted by molar-refractivity contribution is -0.129. The van der Waals surface area contributed by atoms with Gasteiger partial charge in [-0.25, -0.2) is 8.42 Å². The molecule has 8 heteroatoms. The standard InChI is InChI=1S/C13H18N2O5S/c1-2-14-13(17)12-9-20-7-6-15(12)21(18,19)11-5-3-4-10(16)8-11/h3-5,8,12,16H,2,6-7,9H2,1H3,(H,14,17). The second-order valence-corrected chi connectivity index (χ2v) is 6.49. The zero-order valence-corrected chi connectivity index (χ0v) is 12.5. The monoisotopic (exact) mass is 314 g/mol. The number of ether oxygens (including phenoxy) is 1. The predicted octanol–water partition coefficient (Wildman–Crippen LogP) is -0.0822. The third kappa shape index (κ3) is 3.34. The number of aromatic hydroxyl groups is 1. The van der Waals surface area contributed by atoms with Crippen molar-refractivity contribution in [3.63, 3.8) is 0 Å². The van der Waals surface area contributed by atoms with Crippen LogP contribution in [0.4, 0.5) is 0 Å². The fraction of sp³-hybridized carbons (Fsp3) is 0.462. The summed E-state index contributed by atoms with van der Waals surface area (Å²) in [5, 5.41) is 12.1. The lowest BCUT2D eigenvalue weighted by Crippen LogP contribution is -2.55. The summed E-state index contributed by atoms with van der Waals surface area (Å²) < 4.78 is 31.6. The van der Waals surface area contributed by atoms with Crippen molar-refractivity contribution in [3.05, 3.63) is 24.3 Å². The maximum atomic E-state index is 12.6. The summed E-state index contributed by atoms with van der Waals surface area (Å²) >= 11 is 0. The highest BCUT2D eigenvalue weighted by Gasteiger charge is 2.38. The smallest absolute Gasteiger partial charge is 0.244 e. The highest BCUT2D eigenvalue weighted by atomic mass is 32.2. The number of morpholine rings is 1. The summed E-state index contributed by atoms with van der Waals surface area (Å²) in [5.74, 6) is -0.528. The van der Waals surface area contributed by atoms with Gasteiger partial charge in [-0.3, -0.25) is 4.79 Å². The van der Waals surface area contributed by atoms with Crippen molar-refractivity contribution in [2.45, 2.75) is 17.9 Å². The maximum absolute atomic E-state index is 12.6. The minimum absolute atomic E-state index is 0.0177. The van der Waals surface area contributed by atoms with Crippen LogP contribution >= 0.6 is 0 Å². The van der Waals surface area contributed by atoms with Gasteiger partial charge in [-0.15, -0.1) is 0 Å². The number of carbonyl (C=O) groups is 1. The molecule has 1 atom stereocenters. The second-order valence-electron chi connectivity index (χ2n) is 4.60. The van der Waals surface area contributed by atoms with Crippen molar-refractivity contribution in [1.29, 1.82) is 0 Å². The number of rotatable bonds is 4. The molecule has 7 nitrogen and oxygen atoms in total. The van der Waals surface area contributed by atoms with Crippen molar-refractivity contribution in [2.75, 3.05) is 26.3 Å². The summed E-state index contributed by atoms with van der Waals surface area (Å²) in [4.78, 5) is 12.0. The van der Waals surface area contributed by atoms with Crippen LogP contribution in [0, 0.1) is 0 Å². The third-order valence-corrected chi connectivity index (χ3v) is 5.06. The van der Waals surface area contributed by atoms with Crippen LogP contribution in [0.5, 0.6) is 5.75 Å². The predicted molar refractivity (Wildman–Crippen MR) is 75.3 cm³/mol. The molecule has 1 saturated heterocycles. The van der Waals surface area contributed by atoms with Crippen molar-refractivity contribution in [3.8, 4) is 5.75 Å². The van der Waals surface area contributed by atoms with E-state index in [9.17, 15) is 18.3 Å². The number of amides is 1. The molecule has 1 aliphatic rings. The Morgan fingerprint density at radius 3 is 2.95 bits per heavy atom. The largest absolute Gasteiger partial charge is 0.508 e. The van der Waals surface area contributed by atoms with Crippen LogP contribution in [0.15, 0.2) is 29.2 Å². The number of nitrogens with zero attached hydrogens (tertiary/aromatic N) is 1. The number of hydrogen-bond donors (Lipinski definition) is 2. The van der Waals surface area contributed by atoms with Gasteiger partial charge >= 0.3 is 0 Å². The van der Waals surface area contributed by atoms with E-state index in [0.717, 1.165) is 4.31 Å². The van der Waals surface area contributed by atoms with Crippen LogP contribution in [-0.4, -0.2) is 56.1 Å². The van der Waals surface area contributed by atoms with Gasteiger partial charge in [0.15, 0.2) is 0 Å². The number of hydrogen-bond acceptors (Lipinski definition) is 5.